The fourth-order valence-electron chi connectivity index (χ4n) is 1.78. The Hall–Kier alpha value is -0.800. The Balaban J connectivity index is 1.98. The summed E-state index contributed by atoms with van der Waals surface area (Å²) in [5.41, 5.74) is 1.02. The maximum Gasteiger partial charge on any atom is 0.250 e. The molecule has 0 unspecified atom stereocenters. The van der Waals surface area contributed by atoms with Crippen LogP contribution < -0.4 is 10.0 Å². The first-order valence-corrected chi connectivity index (χ1v) is 9.89. The minimum atomic E-state index is -3.42. The van der Waals surface area contributed by atoms with Crippen LogP contribution in [-0.4, -0.2) is 26.5 Å². The zero-order valence-corrected chi connectivity index (χ0v) is 14.5. The highest BCUT2D eigenvalue weighted by Gasteiger charge is 2.18. The van der Waals surface area contributed by atoms with Crippen molar-refractivity contribution in [3.05, 3.63) is 33.1 Å². The molecule has 0 aromatic carbocycles. The van der Waals surface area contributed by atoms with Gasteiger partial charge in [0.05, 0.1) is 5.01 Å². The first kappa shape index (κ1) is 16.6. The van der Waals surface area contributed by atoms with E-state index in [4.69, 9.17) is 0 Å². The SMILES string of the molecule is CCNCc1sc(S(=O)(=O)NCCc2nccs2)cc1C. The van der Waals surface area contributed by atoms with Crippen LogP contribution in [0.25, 0.3) is 0 Å². The molecule has 2 heterocycles. The van der Waals surface area contributed by atoms with Crippen molar-refractivity contribution in [2.45, 2.75) is 31.0 Å². The van der Waals surface area contributed by atoms with Gasteiger partial charge >= 0.3 is 0 Å². The summed E-state index contributed by atoms with van der Waals surface area (Å²) < 4.78 is 27.5. The van der Waals surface area contributed by atoms with Crippen LogP contribution >= 0.6 is 22.7 Å². The van der Waals surface area contributed by atoms with E-state index in [0.29, 0.717) is 23.7 Å². The minimum Gasteiger partial charge on any atom is -0.312 e. The van der Waals surface area contributed by atoms with Crippen LogP contribution in [-0.2, 0) is 23.0 Å². The first-order valence-electron chi connectivity index (χ1n) is 6.71. The molecule has 0 spiro atoms. The Kier molecular flexibility index (Phi) is 5.88. The van der Waals surface area contributed by atoms with Crippen LogP contribution in [0.1, 0.15) is 22.4 Å². The van der Waals surface area contributed by atoms with E-state index in [2.05, 4.69) is 15.0 Å². The van der Waals surface area contributed by atoms with Gasteiger partial charge in [-0.1, -0.05) is 6.92 Å². The van der Waals surface area contributed by atoms with Crippen LogP contribution in [0.15, 0.2) is 21.9 Å². The molecule has 0 aliphatic carbocycles. The van der Waals surface area contributed by atoms with Crippen molar-refractivity contribution in [3.8, 4) is 0 Å². The third-order valence-corrected chi connectivity index (χ3v) is 6.92. The topological polar surface area (TPSA) is 71.1 Å². The van der Waals surface area contributed by atoms with Crippen molar-refractivity contribution in [3.63, 3.8) is 0 Å². The van der Waals surface area contributed by atoms with Gasteiger partial charge in [0.15, 0.2) is 0 Å². The molecular weight excluding hydrogens is 326 g/mol. The summed E-state index contributed by atoms with van der Waals surface area (Å²) in [5.74, 6) is 0. The number of aromatic nitrogens is 1. The van der Waals surface area contributed by atoms with E-state index in [-0.39, 0.29) is 0 Å². The number of nitrogens with zero attached hydrogens (tertiary/aromatic N) is 1. The predicted molar refractivity (Wildman–Crippen MR) is 87.4 cm³/mol. The monoisotopic (exact) mass is 345 g/mol. The van der Waals surface area contributed by atoms with Crippen molar-refractivity contribution in [1.29, 1.82) is 0 Å². The van der Waals surface area contributed by atoms with Crippen molar-refractivity contribution < 1.29 is 8.42 Å². The quantitative estimate of drug-likeness (QED) is 0.769. The third-order valence-electron chi connectivity index (χ3n) is 2.91. The summed E-state index contributed by atoms with van der Waals surface area (Å²) >= 11 is 2.86. The maximum absolute atomic E-state index is 12.3. The molecule has 2 aromatic heterocycles. The van der Waals surface area contributed by atoms with Crippen LogP contribution in [0.2, 0.25) is 0 Å². The normalized spacial score (nSPS) is 11.9. The molecule has 116 valence electrons. The molecule has 2 rings (SSSR count). The summed E-state index contributed by atoms with van der Waals surface area (Å²) in [6.07, 6.45) is 2.34. The molecule has 0 aliphatic heterocycles. The fraction of sp³-hybridized carbons (Fsp3) is 0.462. The van der Waals surface area contributed by atoms with Gasteiger partial charge in [-0.3, -0.25) is 0 Å². The molecule has 0 saturated carbocycles. The van der Waals surface area contributed by atoms with Crippen LogP contribution in [0.3, 0.4) is 0 Å². The van der Waals surface area contributed by atoms with E-state index in [9.17, 15) is 8.42 Å². The maximum atomic E-state index is 12.3. The summed E-state index contributed by atoms with van der Waals surface area (Å²) in [6, 6.07) is 1.74. The smallest absolute Gasteiger partial charge is 0.250 e. The highest BCUT2D eigenvalue weighted by atomic mass is 32.2. The van der Waals surface area contributed by atoms with E-state index >= 15 is 0 Å². The summed E-state index contributed by atoms with van der Waals surface area (Å²) in [5, 5.41) is 6.05. The van der Waals surface area contributed by atoms with Gasteiger partial charge in [0.25, 0.3) is 0 Å². The summed E-state index contributed by atoms with van der Waals surface area (Å²) in [7, 11) is -3.42. The third kappa shape index (κ3) is 4.58. The van der Waals surface area contributed by atoms with E-state index in [1.54, 1.807) is 12.3 Å². The molecule has 0 atom stereocenters. The van der Waals surface area contributed by atoms with E-state index in [1.165, 1.54) is 22.7 Å². The number of hydrogen-bond acceptors (Lipinski definition) is 6. The van der Waals surface area contributed by atoms with Crippen LogP contribution in [0.5, 0.6) is 0 Å². The second-order valence-corrected chi connectivity index (χ2v) is 8.64. The van der Waals surface area contributed by atoms with Crippen molar-refractivity contribution in [2.24, 2.45) is 0 Å². The highest BCUT2D eigenvalue weighted by Crippen LogP contribution is 2.25. The Labute approximate surface area is 133 Å². The van der Waals surface area contributed by atoms with Gasteiger partial charge in [0.2, 0.25) is 10.0 Å². The Morgan fingerprint density at radius 1 is 1.38 bits per heavy atom. The summed E-state index contributed by atoms with van der Waals surface area (Å²) in [4.78, 5) is 5.21. The van der Waals surface area contributed by atoms with Gasteiger partial charge in [-0.25, -0.2) is 18.1 Å². The second-order valence-electron chi connectivity index (χ2n) is 4.53. The average molecular weight is 346 g/mol. The molecular formula is C13H19N3O2S3. The number of nitrogens with one attached hydrogen (secondary N) is 2. The zero-order valence-electron chi connectivity index (χ0n) is 12.0. The predicted octanol–water partition coefficient (Wildman–Crippen LogP) is 2.14. The number of rotatable bonds is 8. The van der Waals surface area contributed by atoms with E-state index in [0.717, 1.165) is 22.0 Å². The van der Waals surface area contributed by atoms with Crippen molar-refractivity contribution in [2.75, 3.05) is 13.1 Å². The number of thiophene rings is 1. The molecule has 0 fully saturated rings. The molecule has 2 aromatic rings. The van der Waals surface area contributed by atoms with Crippen molar-refractivity contribution >= 4 is 32.7 Å². The Morgan fingerprint density at radius 3 is 2.86 bits per heavy atom. The molecule has 0 amide bonds. The fourth-order valence-corrected chi connectivity index (χ4v) is 5.03. The Morgan fingerprint density at radius 2 is 2.19 bits per heavy atom. The Bertz CT molecular complexity index is 663. The van der Waals surface area contributed by atoms with Gasteiger partial charge in [-0.2, -0.15) is 0 Å². The zero-order chi connectivity index (χ0) is 15.3. The highest BCUT2D eigenvalue weighted by molar-refractivity contribution is 7.91. The molecule has 21 heavy (non-hydrogen) atoms. The molecule has 0 bridgehead atoms. The molecule has 0 radical (unpaired) electrons. The van der Waals surface area contributed by atoms with Gasteiger partial charge in [-0.15, -0.1) is 22.7 Å². The van der Waals surface area contributed by atoms with Gasteiger partial charge in [0, 0.05) is 36.0 Å². The van der Waals surface area contributed by atoms with E-state index in [1.807, 2.05) is 19.2 Å². The number of aryl methyl sites for hydroxylation is 1. The standard InChI is InChI=1S/C13H19N3O2S3/c1-3-14-9-11-10(2)8-13(20-11)21(17,18)16-5-4-12-15-6-7-19-12/h6-8,14,16H,3-5,9H2,1-2H3. The lowest BCUT2D eigenvalue weighted by Crippen LogP contribution is -2.25. The lowest BCUT2D eigenvalue weighted by molar-refractivity contribution is 0.583. The number of thiazole rings is 1. The number of sulfonamides is 1. The molecule has 8 heteroatoms. The largest absolute Gasteiger partial charge is 0.312 e. The van der Waals surface area contributed by atoms with Gasteiger partial charge < -0.3 is 5.32 Å². The van der Waals surface area contributed by atoms with Crippen molar-refractivity contribution in [1.82, 2.24) is 15.0 Å². The second kappa shape index (κ2) is 7.46. The lowest BCUT2D eigenvalue weighted by atomic mass is 10.3. The first-order chi connectivity index (χ1) is 10.0. The van der Waals surface area contributed by atoms with Crippen LogP contribution in [0, 0.1) is 6.92 Å². The van der Waals surface area contributed by atoms with E-state index < -0.39 is 10.0 Å². The van der Waals surface area contributed by atoms with Crippen LogP contribution in [0.4, 0.5) is 0 Å². The van der Waals surface area contributed by atoms with Gasteiger partial charge in [-0.05, 0) is 25.1 Å². The average Bonchev–Trinajstić information content (AvgIpc) is 3.06. The molecule has 0 saturated heterocycles. The van der Waals surface area contributed by atoms with Gasteiger partial charge in [0.1, 0.15) is 4.21 Å². The molecule has 2 N–H and O–H groups in total. The summed E-state index contributed by atoms with van der Waals surface area (Å²) in [6.45, 7) is 5.92. The minimum absolute atomic E-state index is 0.370. The molecule has 0 aliphatic rings. The molecule has 5 nitrogen and oxygen atoms in total. The lowest BCUT2D eigenvalue weighted by Gasteiger charge is -2.03. The number of hydrogen-bond donors (Lipinski definition) is 2.